The first-order chi connectivity index (χ1) is 10.9. The summed E-state index contributed by atoms with van der Waals surface area (Å²) >= 11 is 0. The van der Waals surface area contributed by atoms with Gasteiger partial charge in [-0.1, -0.05) is 30.3 Å². The van der Waals surface area contributed by atoms with Crippen LogP contribution in [-0.4, -0.2) is 33.0 Å². The lowest BCUT2D eigenvalue weighted by Gasteiger charge is -2.29. The molecule has 0 radical (unpaired) electrons. The Morgan fingerprint density at radius 3 is 2.65 bits per heavy atom. The normalized spacial score (nSPS) is 11.8. The summed E-state index contributed by atoms with van der Waals surface area (Å²) in [6.45, 7) is 4.06. The molecule has 1 aromatic carbocycles. The van der Waals surface area contributed by atoms with Crippen molar-refractivity contribution >= 4 is 17.0 Å². The molecule has 5 heteroatoms. The van der Waals surface area contributed by atoms with Crippen LogP contribution in [0.3, 0.4) is 0 Å². The maximum atomic E-state index is 12.8. The van der Waals surface area contributed by atoms with Crippen molar-refractivity contribution in [2.24, 2.45) is 0 Å². The number of carbonyl (C=O) groups is 1. The van der Waals surface area contributed by atoms with Gasteiger partial charge in [-0.25, -0.2) is 0 Å². The Balaban J connectivity index is 1.87. The van der Waals surface area contributed by atoms with Crippen molar-refractivity contribution in [3.8, 4) is 0 Å². The quantitative estimate of drug-likeness (QED) is 0.760. The summed E-state index contributed by atoms with van der Waals surface area (Å²) in [5, 5.41) is 10.1. The summed E-state index contributed by atoms with van der Waals surface area (Å²) in [4.78, 5) is 17.5. The minimum Gasteiger partial charge on any atom is -0.463 e. The maximum absolute atomic E-state index is 12.8. The number of hydrogen-bond donors (Lipinski definition) is 2. The number of amides is 1. The fraction of sp³-hybridized carbons (Fsp3) is 0.278. The minimum absolute atomic E-state index is 0.164. The molecule has 2 heterocycles. The first-order valence-electron chi connectivity index (χ1n) is 7.54. The fourth-order valence-corrected chi connectivity index (χ4v) is 2.60. The first kappa shape index (κ1) is 15.4. The lowest BCUT2D eigenvalue weighted by atomic mass is 10.1. The van der Waals surface area contributed by atoms with Crippen LogP contribution in [0.2, 0.25) is 0 Å². The average molecular weight is 312 g/mol. The van der Waals surface area contributed by atoms with Crippen LogP contribution in [-0.2, 0) is 6.54 Å². The predicted octanol–water partition coefficient (Wildman–Crippen LogP) is 3.17. The molecule has 0 bridgehead atoms. The number of aromatic amines is 1. The maximum Gasteiger partial charge on any atom is 0.270 e. The number of hydrogen-bond acceptors (Lipinski definition) is 3. The highest BCUT2D eigenvalue weighted by Gasteiger charge is 2.25. The Morgan fingerprint density at radius 1 is 1.26 bits per heavy atom. The number of H-pyrrole nitrogens is 1. The molecule has 0 fully saturated rings. The van der Waals surface area contributed by atoms with Gasteiger partial charge >= 0.3 is 0 Å². The molecular weight excluding hydrogens is 292 g/mol. The van der Waals surface area contributed by atoms with Crippen LogP contribution in [0.4, 0.5) is 0 Å². The van der Waals surface area contributed by atoms with Crippen LogP contribution in [0.1, 0.15) is 29.9 Å². The summed E-state index contributed by atoms with van der Waals surface area (Å²) in [5.74, 6) is -0.164. The number of aliphatic hydroxyl groups is 1. The number of fused-ring (bicyclic) bond motifs is 1. The zero-order valence-corrected chi connectivity index (χ0v) is 13.2. The summed E-state index contributed by atoms with van der Waals surface area (Å²) < 4.78 is 5.30. The molecule has 0 aliphatic heterocycles. The molecule has 0 saturated heterocycles. The van der Waals surface area contributed by atoms with Crippen LogP contribution < -0.4 is 0 Å². The molecule has 2 aromatic heterocycles. The van der Waals surface area contributed by atoms with Gasteiger partial charge < -0.3 is 19.4 Å². The van der Waals surface area contributed by atoms with Crippen molar-refractivity contribution in [1.29, 1.82) is 0 Å². The van der Waals surface area contributed by atoms with E-state index in [1.807, 2.05) is 30.3 Å². The van der Waals surface area contributed by atoms with Gasteiger partial charge in [0, 0.05) is 25.2 Å². The van der Waals surface area contributed by atoms with Gasteiger partial charge in [-0.05, 0) is 19.4 Å². The van der Waals surface area contributed by atoms with Crippen molar-refractivity contribution < 1.29 is 14.3 Å². The number of benzene rings is 1. The van der Waals surface area contributed by atoms with Gasteiger partial charge in [0.15, 0.2) is 5.58 Å². The van der Waals surface area contributed by atoms with E-state index in [1.54, 1.807) is 37.1 Å². The van der Waals surface area contributed by atoms with E-state index in [0.29, 0.717) is 17.8 Å². The fourth-order valence-electron chi connectivity index (χ4n) is 2.60. The van der Waals surface area contributed by atoms with Crippen molar-refractivity contribution in [2.75, 3.05) is 6.54 Å². The van der Waals surface area contributed by atoms with E-state index in [9.17, 15) is 9.90 Å². The monoisotopic (exact) mass is 312 g/mol. The second kappa shape index (κ2) is 5.93. The van der Waals surface area contributed by atoms with E-state index in [4.69, 9.17) is 4.42 Å². The van der Waals surface area contributed by atoms with Crippen molar-refractivity contribution in [1.82, 2.24) is 9.88 Å². The first-order valence-corrected chi connectivity index (χ1v) is 7.54. The average Bonchev–Trinajstić information content (AvgIpc) is 3.06. The highest BCUT2D eigenvalue weighted by molar-refractivity contribution is 5.96. The van der Waals surface area contributed by atoms with Gasteiger partial charge in [-0.2, -0.15) is 0 Å². The number of carbonyl (C=O) groups excluding carboxylic acids is 1. The van der Waals surface area contributed by atoms with E-state index in [0.717, 1.165) is 11.1 Å². The molecule has 0 spiro atoms. The Bertz CT molecular complexity index is 768. The van der Waals surface area contributed by atoms with Gasteiger partial charge in [0.1, 0.15) is 5.69 Å². The number of nitrogens with zero attached hydrogens (tertiary/aromatic N) is 1. The van der Waals surface area contributed by atoms with E-state index < -0.39 is 5.60 Å². The highest BCUT2D eigenvalue weighted by atomic mass is 16.3. The van der Waals surface area contributed by atoms with E-state index in [2.05, 4.69) is 4.98 Å². The van der Waals surface area contributed by atoms with Crippen LogP contribution in [0.25, 0.3) is 11.1 Å². The van der Waals surface area contributed by atoms with Crippen molar-refractivity contribution in [2.45, 2.75) is 26.0 Å². The number of aromatic nitrogens is 1. The molecule has 23 heavy (non-hydrogen) atoms. The molecular formula is C18H20N2O3. The van der Waals surface area contributed by atoms with Crippen LogP contribution in [0.5, 0.6) is 0 Å². The topological polar surface area (TPSA) is 69.5 Å². The summed E-state index contributed by atoms with van der Waals surface area (Å²) in [5.41, 5.74) is 1.93. The Labute approximate surface area is 134 Å². The third-order valence-electron chi connectivity index (χ3n) is 3.55. The van der Waals surface area contributed by atoms with Gasteiger partial charge in [0.2, 0.25) is 0 Å². The molecule has 120 valence electrons. The zero-order valence-electron chi connectivity index (χ0n) is 13.2. The van der Waals surface area contributed by atoms with Crippen LogP contribution in [0, 0.1) is 0 Å². The number of furan rings is 1. The molecule has 0 saturated carbocycles. The summed E-state index contributed by atoms with van der Waals surface area (Å²) in [7, 11) is 0. The Morgan fingerprint density at radius 2 is 2.00 bits per heavy atom. The predicted molar refractivity (Wildman–Crippen MR) is 88.0 cm³/mol. The van der Waals surface area contributed by atoms with Crippen molar-refractivity contribution in [3.63, 3.8) is 0 Å². The third kappa shape index (κ3) is 3.63. The molecule has 3 rings (SSSR count). The summed E-state index contributed by atoms with van der Waals surface area (Å²) in [6.07, 6.45) is 1.58. The minimum atomic E-state index is -0.976. The molecule has 5 nitrogen and oxygen atoms in total. The van der Waals surface area contributed by atoms with E-state index >= 15 is 0 Å². The largest absolute Gasteiger partial charge is 0.463 e. The van der Waals surface area contributed by atoms with E-state index in [-0.39, 0.29) is 12.5 Å². The van der Waals surface area contributed by atoms with Gasteiger partial charge in [0.25, 0.3) is 5.91 Å². The second-order valence-corrected chi connectivity index (χ2v) is 6.34. The molecule has 0 unspecified atom stereocenters. The lowest BCUT2D eigenvalue weighted by Crippen LogP contribution is -2.42. The third-order valence-corrected chi connectivity index (χ3v) is 3.55. The van der Waals surface area contributed by atoms with Crippen molar-refractivity contribution in [3.05, 3.63) is 60.0 Å². The molecule has 0 atom stereocenters. The Hall–Kier alpha value is -2.53. The van der Waals surface area contributed by atoms with E-state index in [1.165, 1.54) is 0 Å². The number of nitrogens with one attached hydrogen (secondary N) is 1. The SMILES string of the molecule is CC(C)(O)CN(Cc1ccccc1)C(=O)c1cc2occc2[nH]1. The number of rotatable bonds is 5. The van der Waals surface area contributed by atoms with Gasteiger partial charge in [-0.15, -0.1) is 0 Å². The summed E-state index contributed by atoms with van der Waals surface area (Å²) in [6, 6.07) is 13.2. The molecule has 2 N–H and O–H groups in total. The zero-order chi connectivity index (χ0) is 16.4. The van der Waals surface area contributed by atoms with Gasteiger partial charge in [-0.3, -0.25) is 4.79 Å². The molecule has 3 aromatic rings. The van der Waals surface area contributed by atoms with Crippen LogP contribution in [0.15, 0.2) is 53.1 Å². The standard InChI is InChI=1S/C18H20N2O3/c1-18(2,22)12-20(11-13-6-4-3-5-7-13)17(21)15-10-16-14(19-15)8-9-23-16/h3-10,19,22H,11-12H2,1-2H3. The highest BCUT2D eigenvalue weighted by Crippen LogP contribution is 2.19. The van der Waals surface area contributed by atoms with Crippen LogP contribution >= 0.6 is 0 Å². The second-order valence-electron chi connectivity index (χ2n) is 6.34. The Kier molecular flexibility index (Phi) is 3.96. The lowest BCUT2D eigenvalue weighted by molar-refractivity contribution is 0.0277. The molecule has 0 aliphatic rings. The smallest absolute Gasteiger partial charge is 0.270 e. The molecule has 0 aliphatic carbocycles. The van der Waals surface area contributed by atoms with Gasteiger partial charge in [0.05, 0.1) is 17.4 Å². The molecule has 1 amide bonds.